The zero-order chi connectivity index (χ0) is 12.7. The third-order valence-corrected chi connectivity index (χ3v) is 2.77. The molecule has 0 atom stereocenters. The van der Waals surface area contributed by atoms with Crippen molar-refractivity contribution in [3.8, 4) is 28.6 Å². The van der Waals surface area contributed by atoms with Gasteiger partial charge in [0.2, 0.25) is 0 Å². The minimum atomic E-state index is -0.214. The number of phenolic OH excluding ortho intramolecular Hbond substituents is 3. The lowest BCUT2D eigenvalue weighted by atomic mass is 10.1. The smallest absolute Gasteiger partial charge is 0.161 e. The highest BCUT2D eigenvalue weighted by Gasteiger charge is 2.09. The van der Waals surface area contributed by atoms with Crippen molar-refractivity contribution in [3.63, 3.8) is 0 Å². The van der Waals surface area contributed by atoms with Crippen LogP contribution in [-0.2, 0) is 0 Å². The highest BCUT2D eigenvalue weighted by Crippen LogP contribution is 2.35. The lowest BCUT2D eigenvalue weighted by Crippen LogP contribution is -1.71. The van der Waals surface area contributed by atoms with Gasteiger partial charge in [0.1, 0.15) is 17.1 Å². The summed E-state index contributed by atoms with van der Waals surface area (Å²) in [7, 11) is 0. The first-order valence-electron chi connectivity index (χ1n) is 5.38. The molecule has 0 unspecified atom stereocenters. The highest BCUT2D eigenvalue weighted by molar-refractivity contribution is 5.85. The van der Waals surface area contributed by atoms with Crippen LogP contribution in [-0.4, -0.2) is 15.3 Å². The Hall–Kier alpha value is -2.62. The van der Waals surface area contributed by atoms with Gasteiger partial charge in [-0.05, 0) is 36.4 Å². The van der Waals surface area contributed by atoms with E-state index in [1.807, 2.05) is 0 Å². The normalized spacial score (nSPS) is 10.9. The van der Waals surface area contributed by atoms with E-state index >= 15 is 0 Å². The lowest BCUT2D eigenvalue weighted by Gasteiger charge is -1.96. The number of hydrogen-bond donors (Lipinski definition) is 3. The predicted molar refractivity (Wildman–Crippen MR) is 66.6 cm³/mol. The molecular formula is C14H10O4. The van der Waals surface area contributed by atoms with Crippen molar-refractivity contribution < 1.29 is 19.7 Å². The van der Waals surface area contributed by atoms with Gasteiger partial charge in [0.15, 0.2) is 11.5 Å². The highest BCUT2D eigenvalue weighted by atomic mass is 16.3. The van der Waals surface area contributed by atoms with Crippen LogP contribution in [0.25, 0.3) is 22.3 Å². The van der Waals surface area contributed by atoms with Crippen molar-refractivity contribution in [2.24, 2.45) is 0 Å². The molecule has 0 fully saturated rings. The molecular weight excluding hydrogens is 232 g/mol. The summed E-state index contributed by atoms with van der Waals surface area (Å²) in [5.74, 6) is 0.398. The van der Waals surface area contributed by atoms with Crippen molar-refractivity contribution in [3.05, 3.63) is 42.5 Å². The molecule has 3 N–H and O–H groups in total. The molecule has 0 amide bonds. The molecule has 2 aromatic carbocycles. The molecule has 1 heterocycles. The zero-order valence-electron chi connectivity index (χ0n) is 9.29. The van der Waals surface area contributed by atoms with E-state index in [1.165, 1.54) is 12.1 Å². The summed E-state index contributed by atoms with van der Waals surface area (Å²) < 4.78 is 5.58. The number of rotatable bonds is 1. The van der Waals surface area contributed by atoms with Crippen LogP contribution >= 0.6 is 0 Å². The van der Waals surface area contributed by atoms with Gasteiger partial charge in [-0.1, -0.05) is 0 Å². The van der Waals surface area contributed by atoms with Crippen LogP contribution in [0.1, 0.15) is 0 Å². The topological polar surface area (TPSA) is 73.8 Å². The van der Waals surface area contributed by atoms with Gasteiger partial charge in [0.05, 0.1) is 0 Å². The van der Waals surface area contributed by atoms with Gasteiger partial charge in [-0.25, -0.2) is 0 Å². The number of furan rings is 1. The Balaban J connectivity index is 2.16. The predicted octanol–water partition coefficient (Wildman–Crippen LogP) is 3.22. The molecule has 4 nitrogen and oxygen atoms in total. The van der Waals surface area contributed by atoms with Crippen molar-refractivity contribution in [2.45, 2.75) is 0 Å². The zero-order valence-corrected chi connectivity index (χ0v) is 9.29. The fourth-order valence-electron chi connectivity index (χ4n) is 1.83. The van der Waals surface area contributed by atoms with Gasteiger partial charge in [0.25, 0.3) is 0 Å². The van der Waals surface area contributed by atoms with E-state index in [0.29, 0.717) is 16.7 Å². The Labute approximate surface area is 102 Å². The summed E-state index contributed by atoms with van der Waals surface area (Å²) in [5, 5.41) is 28.7. The molecule has 0 aliphatic rings. The number of fused-ring (bicyclic) bond motifs is 1. The van der Waals surface area contributed by atoms with Gasteiger partial charge in [-0.2, -0.15) is 0 Å². The van der Waals surface area contributed by atoms with Gasteiger partial charge in [-0.15, -0.1) is 0 Å². The molecule has 3 rings (SSSR count). The van der Waals surface area contributed by atoms with E-state index in [1.54, 1.807) is 30.3 Å². The Morgan fingerprint density at radius 2 is 1.44 bits per heavy atom. The average Bonchev–Trinajstić information content (AvgIpc) is 2.73. The van der Waals surface area contributed by atoms with E-state index < -0.39 is 0 Å². The van der Waals surface area contributed by atoms with E-state index in [0.717, 1.165) is 5.56 Å². The van der Waals surface area contributed by atoms with Crippen molar-refractivity contribution in [2.75, 3.05) is 0 Å². The third-order valence-electron chi connectivity index (χ3n) is 2.77. The van der Waals surface area contributed by atoms with Crippen LogP contribution in [0.2, 0.25) is 0 Å². The molecule has 90 valence electrons. The second kappa shape index (κ2) is 3.70. The summed E-state index contributed by atoms with van der Waals surface area (Å²) in [5.41, 5.74) is 1.30. The fraction of sp³-hybridized carbons (Fsp3) is 0. The maximum absolute atomic E-state index is 9.41. The lowest BCUT2D eigenvalue weighted by molar-refractivity contribution is 0.404. The largest absolute Gasteiger partial charge is 0.508 e. The van der Waals surface area contributed by atoms with E-state index in [2.05, 4.69) is 0 Å². The summed E-state index contributed by atoms with van der Waals surface area (Å²) in [6.07, 6.45) is 0. The first-order valence-corrected chi connectivity index (χ1v) is 5.38. The second-order valence-electron chi connectivity index (χ2n) is 4.04. The van der Waals surface area contributed by atoms with E-state index in [4.69, 9.17) is 4.42 Å². The van der Waals surface area contributed by atoms with Crippen LogP contribution in [0.15, 0.2) is 46.9 Å². The number of hydrogen-bond acceptors (Lipinski definition) is 4. The molecule has 0 saturated heterocycles. The van der Waals surface area contributed by atoms with Crippen LogP contribution in [0, 0.1) is 0 Å². The Morgan fingerprint density at radius 1 is 0.778 bits per heavy atom. The van der Waals surface area contributed by atoms with Gasteiger partial charge < -0.3 is 19.7 Å². The molecule has 0 aliphatic heterocycles. The minimum absolute atomic E-state index is 0.180. The fourth-order valence-corrected chi connectivity index (χ4v) is 1.83. The summed E-state index contributed by atoms with van der Waals surface area (Å²) in [6.45, 7) is 0. The maximum Gasteiger partial charge on any atom is 0.161 e. The molecule has 3 aromatic rings. The van der Waals surface area contributed by atoms with E-state index in [-0.39, 0.29) is 17.2 Å². The molecule has 0 saturated carbocycles. The molecule has 0 bridgehead atoms. The van der Waals surface area contributed by atoms with Crippen molar-refractivity contribution in [1.29, 1.82) is 0 Å². The molecule has 0 spiro atoms. The van der Waals surface area contributed by atoms with Gasteiger partial charge in [0, 0.05) is 17.0 Å². The van der Waals surface area contributed by atoms with Crippen LogP contribution in [0.4, 0.5) is 0 Å². The monoisotopic (exact) mass is 242 g/mol. The molecule has 1 aromatic heterocycles. The number of benzene rings is 2. The number of aromatic hydroxyl groups is 3. The van der Waals surface area contributed by atoms with Crippen LogP contribution in [0.3, 0.4) is 0 Å². The summed E-state index contributed by atoms with van der Waals surface area (Å²) >= 11 is 0. The Morgan fingerprint density at radius 3 is 2.17 bits per heavy atom. The second-order valence-corrected chi connectivity index (χ2v) is 4.04. The summed E-state index contributed by atoms with van der Waals surface area (Å²) in [4.78, 5) is 0. The maximum atomic E-state index is 9.41. The average molecular weight is 242 g/mol. The first kappa shape index (κ1) is 10.5. The molecule has 18 heavy (non-hydrogen) atoms. The van der Waals surface area contributed by atoms with Crippen molar-refractivity contribution in [1.82, 2.24) is 0 Å². The Kier molecular flexibility index (Phi) is 2.16. The third kappa shape index (κ3) is 1.64. The quantitative estimate of drug-likeness (QED) is 0.573. The van der Waals surface area contributed by atoms with Crippen LogP contribution in [0.5, 0.6) is 17.2 Å². The molecule has 0 aliphatic carbocycles. The van der Waals surface area contributed by atoms with Crippen molar-refractivity contribution >= 4 is 11.0 Å². The van der Waals surface area contributed by atoms with Gasteiger partial charge >= 0.3 is 0 Å². The number of phenols is 3. The SMILES string of the molecule is Oc1ccc(-c2cc3cc(O)c(O)cc3o2)cc1. The standard InChI is InChI=1S/C14H10O4/c15-10-3-1-8(2-4-10)13-6-9-5-11(16)12(17)7-14(9)18-13/h1-7,15-17H. The summed E-state index contributed by atoms with van der Waals surface area (Å²) in [6, 6.07) is 11.2. The Bertz CT molecular complexity index is 671. The van der Waals surface area contributed by atoms with Crippen LogP contribution < -0.4 is 0 Å². The first-order chi connectivity index (χ1) is 8.63. The van der Waals surface area contributed by atoms with Gasteiger partial charge in [-0.3, -0.25) is 0 Å². The van der Waals surface area contributed by atoms with E-state index in [9.17, 15) is 15.3 Å². The molecule has 4 heteroatoms. The minimum Gasteiger partial charge on any atom is -0.508 e. The molecule has 0 radical (unpaired) electrons.